The number of nitrogens with one attached hydrogen (secondary N) is 1. The molecule has 2 heterocycles. The summed E-state index contributed by atoms with van der Waals surface area (Å²) in [6.45, 7) is 2.18. The molecule has 1 aromatic heterocycles. The maximum atomic E-state index is 4.45. The summed E-state index contributed by atoms with van der Waals surface area (Å²) in [7, 11) is 1.95. The molecule has 0 radical (unpaired) electrons. The van der Waals surface area contributed by atoms with Crippen molar-refractivity contribution >= 4 is 5.82 Å². The maximum absolute atomic E-state index is 4.45. The Morgan fingerprint density at radius 3 is 2.85 bits per heavy atom. The zero-order valence-electron chi connectivity index (χ0n) is 11.9. The Balaban J connectivity index is 1.82. The molecular weight excluding hydrogens is 246 g/mol. The quantitative estimate of drug-likeness (QED) is 0.919. The van der Waals surface area contributed by atoms with Gasteiger partial charge in [0.15, 0.2) is 0 Å². The predicted molar refractivity (Wildman–Crippen MR) is 82.6 cm³/mol. The van der Waals surface area contributed by atoms with E-state index in [0.717, 1.165) is 18.9 Å². The van der Waals surface area contributed by atoms with E-state index in [2.05, 4.69) is 51.6 Å². The van der Waals surface area contributed by atoms with Crippen LogP contribution in [0.2, 0.25) is 0 Å². The molecule has 3 nitrogen and oxygen atoms in total. The molecule has 104 valence electrons. The molecule has 0 spiro atoms. The van der Waals surface area contributed by atoms with E-state index in [1.54, 1.807) is 0 Å². The number of likely N-dealkylation sites (tertiary alicyclic amines) is 1. The molecular formula is C17H21N3. The third-order valence-corrected chi connectivity index (χ3v) is 4.03. The highest BCUT2D eigenvalue weighted by Gasteiger charge is 2.27. The molecule has 20 heavy (non-hydrogen) atoms. The van der Waals surface area contributed by atoms with Crippen LogP contribution >= 0.6 is 0 Å². The zero-order valence-corrected chi connectivity index (χ0v) is 11.9. The van der Waals surface area contributed by atoms with Crippen molar-refractivity contribution in [2.24, 2.45) is 0 Å². The number of benzene rings is 1. The Kier molecular flexibility index (Phi) is 3.97. The van der Waals surface area contributed by atoms with Gasteiger partial charge in [-0.2, -0.15) is 0 Å². The van der Waals surface area contributed by atoms with Crippen molar-refractivity contribution in [3.63, 3.8) is 0 Å². The normalized spacial score (nSPS) is 19.1. The lowest BCUT2D eigenvalue weighted by Gasteiger charge is -2.26. The van der Waals surface area contributed by atoms with Crippen molar-refractivity contribution in [1.29, 1.82) is 0 Å². The summed E-state index contributed by atoms with van der Waals surface area (Å²) in [5, 5.41) is 3.22. The minimum atomic E-state index is 0.478. The van der Waals surface area contributed by atoms with Crippen molar-refractivity contribution in [2.45, 2.75) is 25.4 Å². The van der Waals surface area contributed by atoms with Crippen LogP contribution in [0.3, 0.4) is 0 Å². The van der Waals surface area contributed by atoms with Gasteiger partial charge in [-0.3, -0.25) is 4.90 Å². The summed E-state index contributed by atoms with van der Waals surface area (Å²) in [6.07, 6.45) is 4.33. The molecule has 1 N–H and O–H groups in total. The molecule has 1 aromatic carbocycles. The van der Waals surface area contributed by atoms with Crippen LogP contribution in [0.1, 0.15) is 30.0 Å². The molecule has 0 amide bonds. The molecule has 1 aliphatic rings. The summed E-state index contributed by atoms with van der Waals surface area (Å²) >= 11 is 0. The third kappa shape index (κ3) is 2.68. The van der Waals surface area contributed by atoms with E-state index in [0.29, 0.717) is 6.04 Å². The molecule has 3 heteroatoms. The third-order valence-electron chi connectivity index (χ3n) is 4.03. The second kappa shape index (κ2) is 6.06. The van der Waals surface area contributed by atoms with E-state index in [4.69, 9.17) is 0 Å². The summed E-state index contributed by atoms with van der Waals surface area (Å²) in [6, 6.07) is 15.4. The highest BCUT2D eigenvalue weighted by Crippen LogP contribution is 2.35. The molecule has 3 rings (SSSR count). The second-order valence-electron chi connectivity index (χ2n) is 5.31. The first kappa shape index (κ1) is 13.1. The van der Waals surface area contributed by atoms with Crippen molar-refractivity contribution < 1.29 is 0 Å². The fraction of sp³-hybridized carbons (Fsp3) is 0.353. The lowest BCUT2D eigenvalue weighted by molar-refractivity contribution is 0.249. The molecule has 0 bridgehead atoms. The predicted octanol–water partition coefficient (Wildman–Crippen LogP) is 3.46. The van der Waals surface area contributed by atoms with Crippen molar-refractivity contribution in [3.8, 4) is 0 Å². The van der Waals surface area contributed by atoms with E-state index < -0.39 is 0 Å². The number of pyridine rings is 1. The fourth-order valence-electron chi connectivity index (χ4n) is 3.08. The van der Waals surface area contributed by atoms with Crippen molar-refractivity contribution in [2.75, 3.05) is 18.9 Å². The van der Waals surface area contributed by atoms with E-state index in [-0.39, 0.29) is 0 Å². The van der Waals surface area contributed by atoms with Gasteiger partial charge in [-0.1, -0.05) is 36.4 Å². The molecule has 2 aromatic rings. The number of anilines is 1. The van der Waals surface area contributed by atoms with Crippen LogP contribution < -0.4 is 5.32 Å². The fourth-order valence-corrected chi connectivity index (χ4v) is 3.08. The SMILES string of the molecule is CNc1ncccc1[C@@H]1CCCN1Cc1ccccc1. The average molecular weight is 267 g/mol. The van der Waals surface area contributed by atoms with Crippen LogP contribution in [0.5, 0.6) is 0 Å². The zero-order chi connectivity index (χ0) is 13.8. The van der Waals surface area contributed by atoms with Crippen molar-refractivity contribution in [3.05, 3.63) is 59.8 Å². The molecule has 1 saturated heterocycles. The van der Waals surface area contributed by atoms with Gasteiger partial charge in [0.05, 0.1) is 0 Å². The van der Waals surface area contributed by atoms with Crippen LogP contribution in [-0.4, -0.2) is 23.5 Å². The number of hydrogen-bond donors (Lipinski definition) is 1. The Morgan fingerprint density at radius 1 is 1.20 bits per heavy atom. The van der Waals surface area contributed by atoms with Gasteiger partial charge < -0.3 is 5.32 Å². The van der Waals surface area contributed by atoms with Gasteiger partial charge in [0, 0.05) is 31.4 Å². The minimum absolute atomic E-state index is 0.478. The van der Waals surface area contributed by atoms with E-state index >= 15 is 0 Å². The first-order valence-corrected chi connectivity index (χ1v) is 7.29. The Hall–Kier alpha value is -1.87. The Morgan fingerprint density at radius 2 is 2.05 bits per heavy atom. The molecule has 1 aliphatic heterocycles. The number of aromatic nitrogens is 1. The van der Waals surface area contributed by atoms with Gasteiger partial charge in [-0.25, -0.2) is 4.98 Å². The van der Waals surface area contributed by atoms with Crippen LogP contribution in [0.15, 0.2) is 48.7 Å². The number of hydrogen-bond acceptors (Lipinski definition) is 3. The summed E-state index contributed by atoms with van der Waals surface area (Å²) in [5.41, 5.74) is 2.71. The Labute approximate surface area is 120 Å². The summed E-state index contributed by atoms with van der Waals surface area (Å²) in [4.78, 5) is 7.01. The molecule has 0 unspecified atom stereocenters. The van der Waals surface area contributed by atoms with Gasteiger partial charge >= 0.3 is 0 Å². The largest absolute Gasteiger partial charge is 0.373 e. The standard InChI is InChI=1S/C17H21N3/c1-18-17-15(9-5-11-19-17)16-10-6-12-20(16)13-14-7-3-2-4-8-14/h2-5,7-9,11,16H,6,10,12-13H2,1H3,(H,18,19)/t16-/m0/s1. The summed E-state index contributed by atoms with van der Waals surface area (Å²) in [5.74, 6) is 1.01. The Bertz CT molecular complexity index is 553. The summed E-state index contributed by atoms with van der Waals surface area (Å²) < 4.78 is 0. The first-order chi connectivity index (χ1) is 9.88. The number of nitrogens with zero attached hydrogens (tertiary/aromatic N) is 2. The topological polar surface area (TPSA) is 28.2 Å². The van der Waals surface area contributed by atoms with Gasteiger partial charge in [0.2, 0.25) is 0 Å². The minimum Gasteiger partial charge on any atom is -0.373 e. The van der Waals surface area contributed by atoms with Gasteiger partial charge in [-0.05, 0) is 31.0 Å². The van der Waals surface area contributed by atoms with Crippen LogP contribution in [-0.2, 0) is 6.54 Å². The average Bonchev–Trinajstić information content (AvgIpc) is 2.96. The molecule has 1 atom stereocenters. The lowest BCUT2D eigenvalue weighted by atomic mass is 10.0. The highest BCUT2D eigenvalue weighted by atomic mass is 15.2. The first-order valence-electron chi connectivity index (χ1n) is 7.29. The lowest BCUT2D eigenvalue weighted by Crippen LogP contribution is -2.23. The van der Waals surface area contributed by atoms with Crippen LogP contribution in [0.4, 0.5) is 5.82 Å². The van der Waals surface area contributed by atoms with Gasteiger partial charge in [0.25, 0.3) is 0 Å². The molecule has 0 saturated carbocycles. The van der Waals surface area contributed by atoms with Crippen LogP contribution in [0, 0.1) is 0 Å². The van der Waals surface area contributed by atoms with E-state index in [1.165, 1.54) is 24.0 Å². The highest BCUT2D eigenvalue weighted by molar-refractivity contribution is 5.45. The van der Waals surface area contributed by atoms with E-state index in [1.807, 2.05) is 19.3 Å². The maximum Gasteiger partial charge on any atom is 0.130 e. The van der Waals surface area contributed by atoms with Crippen molar-refractivity contribution in [1.82, 2.24) is 9.88 Å². The number of rotatable bonds is 4. The second-order valence-corrected chi connectivity index (χ2v) is 5.31. The molecule has 1 fully saturated rings. The molecule has 0 aliphatic carbocycles. The van der Waals surface area contributed by atoms with Gasteiger partial charge in [0.1, 0.15) is 5.82 Å². The monoisotopic (exact) mass is 267 g/mol. The van der Waals surface area contributed by atoms with Gasteiger partial charge in [-0.15, -0.1) is 0 Å². The van der Waals surface area contributed by atoms with E-state index in [9.17, 15) is 0 Å². The smallest absolute Gasteiger partial charge is 0.130 e. The van der Waals surface area contributed by atoms with Crippen LogP contribution in [0.25, 0.3) is 0 Å².